The molecule has 2 aromatic rings. The molecule has 2 heteroatoms. The molecule has 0 amide bonds. The molecule has 0 aliphatic rings. The Morgan fingerprint density at radius 2 is 2.07 bits per heavy atom. The Morgan fingerprint density at radius 1 is 1.29 bits per heavy atom. The lowest BCUT2D eigenvalue weighted by Gasteiger charge is -2.03. The molecule has 0 saturated carbocycles. The van der Waals surface area contributed by atoms with Crippen LogP contribution in [0.4, 0.5) is 0 Å². The van der Waals surface area contributed by atoms with Crippen LogP contribution >= 0.6 is 0 Å². The van der Waals surface area contributed by atoms with E-state index in [0.717, 1.165) is 16.7 Å². The number of hydrogen-bond donors (Lipinski definition) is 1. The Hall–Kier alpha value is -1.28. The zero-order valence-corrected chi connectivity index (χ0v) is 8.58. The van der Waals surface area contributed by atoms with Crippen LogP contribution in [0.2, 0.25) is 0 Å². The Kier molecular flexibility index (Phi) is 2.30. The SMILES string of the molecule is CC(C)c1ccc2oc(CN)cc2c1. The van der Waals surface area contributed by atoms with Gasteiger partial charge in [0.15, 0.2) is 0 Å². The van der Waals surface area contributed by atoms with Crippen LogP contribution in [-0.4, -0.2) is 0 Å². The topological polar surface area (TPSA) is 39.2 Å². The molecule has 1 heterocycles. The van der Waals surface area contributed by atoms with Crippen molar-refractivity contribution >= 4 is 11.0 Å². The molecule has 2 nitrogen and oxygen atoms in total. The number of fused-ring (bicyclic) bond motifs is 1. The first kappa shape index (κ1) is 9.28. The molecule has 0 atom stereocenters. The van der Waals surface area contributed by atoms with Crippen LogP contribution in [0.3, 0.4) is 0 Å². The normalized spacial score (nSPS) is 11.4. The van der Waals surface area contributed by atoms with Crippen molar-refractivity contribution in [2.75, 3.05) is 0 Å². The van der Waals surface area contributed by atoms with Crippen molar-refractivity contribution in [2.24, 2.45) is 5.73 Å². The van der Waals surface area contributed by atoms with E-state index in [0.29, 0.717) is 12.5 Å². The molecule has 0 unspecified atom stereocenters. The quantitative estimate of drug-likeness (QED) is 0.788. The van der Waals surface area contributed by atoms with E-state index < -0.39 is 0 Å². The summed E-state index contributed by atoms with van der Waals surface area (Å²) in [4.78, 5) is 0. The van der Waals surface area contributed by atoms with E-state index in [1.54, 1.807) is 0 Å². The second kappa shape index (κ2) is 3.46. The van der Waals surface area contributed by atoms with E-state index in [4.69, 9.17) is 10.2 Å². The van der Waals surface area contributed by atoms with Gasteiger partial charge in [-0.25, -0.2) is 0 Å². The summed E-state index contributed by atoms with van der Waals surface area (Å²) < 4.78 is 5.53. The van der Waals surface area contributed by atoms with Crippen LogP contribution in [0.1, 0.15) is 31.1 Å². The van der Waals surface area contributed by atoms with E-state index in [-0.39, 0.29) is 0 Å². The first-order chi connectivity index (χ1) is 6.70. The van der Waals surface area contributed by atoms with E-state index in [1.807, 2.05) is 12.1 Å². The predicted octanol–water partition coefficient (Wildman–Crippen LogP) is 3.01. The summed E-state index contributed by atoms with van der Waals surface area (Å²) in [6.45, 7) is 4.84. The third kappa shape index (κ3) is 1.53. The number of benzene rings is 1. The average Bonchev–Trinajstić information content (AvgIpc) is 2.58. The van der Waals surface area contributed by atoms with Gasteiger partial charge in [0.05, 0.1) is 6.54 Å². The average molecular weight is 189 g/mol. The highest BCUT2D eigenvalue weighted by atomic mass is 16.3. The lowest BCUT2D eigenvalue weighted by molar-refractivity contribution is 0.552. The molecule has 0 fully saturated rings. The van der Waals surface area contributed by atoms with Crippen LogP contribution in [0.5, 0.6) is 0 Å². The van der Waals surface area contributed by atoms with Crippen LogP contribution in [-0.2, 0) is 6.54 Å². The highest BCUT2D eigenvalue weighted by Gasteiger charge is 2.04. The zero-order valence-electron chi connectivity index (χ0n) is 8.58. The van der Waals surface area contributed by atoms with Crippen LogP contribution < -0.4 is 5.73 Å². The van der Waals surface area contributed by atoms with Gasteiger partial charge < -0.3 is 10.2 Å². The molecule has 74 valence electrons. The maximum absolute atomic E-state index is 5.53. The third-order valence-corrected chi connectivity index (χ3v) is 2.46. The third-order valence-electron chi connectivity index (χ3n) is 2.46. The molecule has 0 bridgehead atoms. The van der Waals surface area contributed by atoms with Gasteiger partial charge >= 0.3 is 0 Å². The fraction of sp³-hybridized carbons (Fsp3) is 0.333. The Balaban J connectivity index is 2.54. The second-order valence-electron chi connectivity index (χ2n) is 3.87. The summed E-state index contributed by atoms with van der Waals surface area (Å²) in [5.74, 6) is 1.40. The van der Waals surface area contributed by atoms with Gasteiger partial charge in [-0.3, -0.25) is 0 Å². The van der Waals surface area contributed by atoms with E-state index in [9.17, 15) is 0 Å². The fourth-order valence-corrected chi connectivity index (χ4v) is 1.58. The molecule has 1 aromatic carbocycles. The van der Waals surface area contributed by atoms with Crippen molar-refractivity contribution in [3.05, 3.63) is 35.6 Å². The van der Waals surface area contributed by atoms with Crippen molar-refractivity contribution in [1.29, 1.82) is 0 Å². The van der Waals surface area contributed by atoms with Gasteiger partial charge in [-0.1, -0.05) is 19.9 Å². The fourth-order valence-electron chi connectivity index (χ4n) is 1.58. The number of rotatable bonds is 2. The first-order valence-corrected chi connectivity index (χ1v) is 4.93. The monoisotopic (exact) mass is 189 g/mol. The molecule has 2 rings (SSSR count). The minimum atomic E-state index is 0.464. The maximum Gasteiger partial charge on any atom is 0.134 e. The molecule has 1 aromatic heterocycles. The largest absolute Gasteiger partial charge is 0.460 e. The summed E-state index contributed by atoms with van der Waals surface area (Å²) in [7, 11) is 0. The molecule has 0 aliphatic heterocycles. The minimum absolute atomic E-state index is 0.464. The molecule has 14 heavy (non-hydrogen) atoms. The molecule has 0 spiro atoms. The Bertz CT molecular complexity index is 443. The highest BCUT2D eigenvalue weighted by Crippen LogP contribution is 2.24. The highest BCUT2D eigenvalue weighted by molar-refractivity contribution is 5.78. The van der Waals surface area contributed by atoms with Crippen molar-refractivity contribution in [3.8, 4) is 0 Å². The van der Waals surface area contributed by atoms with Gasteiger partial charge in [-0.05, 0) is 29.7 Å². The Morgan fingerprint density at radius 3 is 2.71 bits per heavy atom. The number of furan rings is 1. The summed E-state index contributed by atoms with van der Waals surface area (Å²) in [5.41, 5.74) is 7.78. The van der Waals surface area contributed by atoms with Crippen LogP contribution in [0, 0.1) is 0 Å². The van der Waals surface area contributed by atoms with Gasteiger partial charge in [0, 0.05) is 5.39 Å². The second-order valence-corrected chi connectivity index (χ2v) is 3.87. The molecular formula is C12H15NO. The van der Waals surface area contributed by atoms with Crippen molar-refractivity contribution in [2.45, 2.75) is 26.3 Å². The molecule has 2 N–H and O–H groups in total. The predicted molar refractivity (Wildman–Crippen MR) is 58.2 cm³/mol. The minimum Gasteiger partial charge on any atom is -0.460 e. The van der Waals surface area contributed by atoms with Gasteiger partial charge in [0.2, 0.25) is 0 Å². The molecule has 0 radical (unpaired) electrons. The van der Waals surface area contributed by atoms with Crippen LogP contribution in [0.25, 0.3) is 11.0 Å². The van der Waals surface area contributed by atoms with Crippen molar-refractivity contribution in [3.63, 3.8) is 0 Å². The standard InChI is InChI=1S/C12H15NO/c1-8(2)9-3-4-12-10(5-9)6-11(7-13)14-12/h3-6,8H,7,13H2,1-2H3. The van der Waals surface area contributed by atoms with Crippen LogP contribution in [0.15, 0.2) is 28.7 Å². The zero-order chi connectivity index (χ0) is 10.1. The summed E-state index contributed by atoms with van der Waals surface area (Å²) in [5, 5.41) is 1.15. The van der Waals surface area contributed by atoms with Crippen molar-refractivity contribution < 1.29 is 4.42 Å². The number of nitrogens with two attached hydrogens (primary N) is 1. The van der Waals surface area contributed by atoms with Gasteiger partial charge in [0.25, 0.3) is 0 Å². The summed E-state index contributed by atoms with van der Waals surface area (Å²) in [6.07, 6.45) is 0. The smallest absolute Gasteiger partial charge is 0.134 e. The number of hydrogen-bond acceptors (Lipinski definition) is 2. The van der Waals surface area contributed by atoms with E-state index in [1.165, 1.54) is 5.56 Å². The Labute approximate surface area is 83.7 Å². The summed E-state index contributed by atoms with van der Waals surface area (Å²) >= 11 is 0. The molecule has 0 saturated heterocycles. The van der Waals surface area contributed by atoms with Gasteiger partial charge in [0.1, 0.15) is 11.3 Å². The maximum atomic E-state index is 5.53. The van der Waals surface area contributed by atoms with Gasteiger partial charge in [-0.15, -0.1) is 0 Å². The lowest BCUT2D eigenvalue weighted by Crippen LogP contribution is -1.92. The molecular weight excluding hydrogens is 174 g/mol. The molecule has 0 aliphatic carbocycles. The van der Waals surface area contributed by atoms with Gasteiger partial charge in [-0.2, -0.15) is 0 Å². The summed E-state index contributed by atoms with van der Waals surface area (Å²) in [6, 6.07) is 8.31. The first-order valence-electron chi connectivity index (χ1n) is 4.93. The van der Waals surface area contributed by atoms with Crippen molar-refractivity contribution in [1.82, 2.24) is 0 Å². The van der Waals surface area contributed by atoms with E-state index >= 15 is 0 Å². The van der Waals surface area contributed by atoms with E-state index in [2.05, 4.69) is 26.0 Å². The lowest BCUT2D eigenvalue weighted by atomic mass is 10.0.